The van der Waals surface area contributed by atoms with Crippen molar-refractivity contribution in [2.75, 3.05) is 5.73 Å². The van der Waals surface area contributed by atoms with Gasteiger partial charge in [0, 0.05) is 6.07 Å². The number of rotatable bonds is 1. The summed E-state index contributed by atoms with van der Waals surface area (Å²) in [6.07, 6.45) is 0. The first-order valence-electron chi connectivity index (χ1n) is 5.67. The van der Waals surface area contributed by atoms with Crippen molar-refractivity contribution in [3.8, 4) is 5.69 Å². The highest BCUT2D eigenvalue weighted by atomic mass is 35.5. The molecule has 0 atom stereocenters. The Bertz CT molecular complexity index is 852. The smallest absolute Gasteiger partial charge is 0.206 e. The van der Waals surface area contributed by atoms with E-state index < -0.39 is 29.0 Å². The molecule has 8 heteroatoms. The van der Waals surface area contributed by atoms with Gasteiger partial charge in [-0.2, -0.15) is 0 Å². The highest BCUT2D eigenvalue weighted by Crippen LogP contribution is 2.32. The molecule has 108 valence electrons. The van der Waals surface area contributed by atoms with Gasteiger partial charge in [-0.15, -0.1) is 0 Å². The molecule has 3 nitrogen and oxygen atoms in total. The van der Waals surface area contributed by atoms with E-state index >= 15 is 0 Å². The van der Waals surface area contributed by atoms with Crippen LogP contribution in [0.3, 0.4) is 0 Å². The zero-order chi connectivity index (χ0) is 15.3. The summed E-state index contributed by atoms with van der Waals surface area (Å²) < 4.78 is 55.2. The summed E-state index contributed by atoms with van der Waals surface area (Å²) in [6, 6.07) is 3.46. The van der Waals surface area contributed by atoms with Gasteiger partial charge in [-0.25, -0.2) is 22.5 Å². The predicted octanol–water partition coefficient (Wildman–Crippen LogP) is 3.82. The van der Waals surface area contributed by atoms with Gasteiger partial charge in [0.15, 0.2) is 17.5 Å². The Kier molecular flexibility index (Phi) is 3.02. The van der Waals surface area contributed by atoms with Crippen molar-refractivity contribution in [3.05, 3.63) is 52.6 Å². The van der Waals surface area contributed by atoms with Crippen LogP contribution in [0.15, 0.2) is 24.3 Å². The molecule has 0 saturated heterocycles. The molecule has 2 N–H and O–H groups in total. The second-order valence-corrected chi connectivity index (χ2v) is 4.66. The fourth-order valence-corrected chi connectivity index (χ4v) is 2.37. The first-order chi connectivity index (χ1) is 9.90. The number of nitrogen functional groups attached to an aromatic ring is 1. The summed E-state index contributed by atoms with van der Waals surface area (Å²) in [4.78, 5) is 3.81. The van der Waals surface area contributed by atoms with E-state index in [2.05, 4.69) is 4.98 Å². The maximum absolute atomic E-state index is 14.0. The van der Waals surface area contributed by atoms with Crippen LogP contribution in [0.5, 0.6) is 0 Å². The minimum atomic E-state index is -1.25. The predicted molar refractivity (Wildman–Crippen MR) is 70.3 cm³/mol. The van der Waals surface area contributed by atoms with Gasteiger partial charge >= 0.3 is 0 Å². The van der Waals surface area contributed by atoms with Crippen LogP contribution in [0.2, 0.25) is 5.02 Å². The Hall–Kier alpha value is -2.28. The normalized spacial score (nSPS) is 11.3. The number of anilines is 1. The van der Waals surface area contributed by atoms with Crippen molar-refractivity contribution in [1.82, 2.24) is 9.55 Å². The molecule has 21 heavy (non-hydrogen) atoms. The van der Waals surface area contributed by atoms with Gasteiger partial charge in [0.25, 0.3) is 0 Å². The van der Waals surface area contributed by atoms with Crippen LogP contribution >= 0.6 is 11.6 Å². The van der Waals surface area contributed by atoms with Crippen LogP contribution in [0.1, 0.15) is 0 Å². The number of fused-ring (bicyclic) bond motifs is 1. The minimum absolute atomic E-state index is 0.0196. The average Bonchev–Trinajstić information content (AvgIpc) is 2.71. The first-order valence-corrected chi connectivity index (χ1v) is 6.04. The van der Waals surface area contributed by atoms with Gasteiger partial charge in [0.2, 0.25) is 5.95 Å². The van der Waals surface area contributed by atoms with Gasteiger partial charge < -0.3 is 5.73 Å². The number of halogens is 5. The van der Waals surface area contributed by atoms with E-state index in [9.17, 15) is 17.6 Å². The fraction of sp³-hybridized carbons (Fsp3) is 0. The molecule has 0 spiro atoms. The molecule has 0 saturated carbocycles. The molecule has 3 rings (SSSR count). The Morgan fingerprint density at radius 1 is 1.05 bits per heavy atom. The molecule has 0 radical (unpaired) electrons. The van der Waals surface area contributed by atoms with Crippen molar-refractivity contribution in [3.63, 3.8) is 0 Å². The molecule has 0 aliphatic carbocycles. The van der Waals surface area contributed by atoms with E-state index in [0.717, 1.165) is 16.7 Å². The molecule has 0 amide bonds. The molecule has 0 bridgehead atoms. The number of hydrogen-bond acceptors (Lipinski definition) is 2. The molecule has 0 fully saturated rings. The van der Waals surface area contributed by atoms with Crippen molar-refractivity contribution >= 4 is 28.6 Å². The van der Waals surface area contributed by atoms with Crippen LogP contribution in [0, 0.1) is 23.3 Å². The third-order valence-corrected chi connectivity index (χ3v) is 3.23. The van der Waals surface area contributed by atoms with Gasteiger partial charge in [0.1, 0.15) is 17.0 Å². The number of nitrogens with zero attached hydrogens (tertiary/aromatic N) is 2. The summed E-state index contributed by atoms with van der Waals surface area (Å²) in [5, 5.41) is -0.345. The lowest BCUT2D eigenvalue weighted by atomic mass is 10.2. The summed E-state index contributed by atoms with van der Waals surface area (Å²) in [5.74, 6) is -4.69. The molecule has 1 aromatic heterocycles. The summed E-state index contributed by atoms with van der Waals surface area (Å²) in [6.45, 7) is 0. The maximum atomic E-state index is 14.0. The lowest BCUT2D eigenvalue weighted by Gasteiger charge is -2.10. The van der Waals surface area contributed by atoms with Gasteiger partial charge in [0.05, 0.1) is 10.5 Å². The second-order valence-electron chi connectivity index (χ2n) is 4.25. The van der Waals surface area contributed by atoms with Crippen molar-refractivity contribution in [1.29, 1.82) is 0 Å². The van der Waals surface area contributed by atoms with Gasteiger partial charge in [-0.3, -0.25) is 4.57 Å². The Balaban J connectivity index is 2.46. The molecule has 1 heterocycles. The standard InChI is InChI=1S/C13H6ClF4N3/c14-6-3-5(15)4-8(17)11(6)21-12-9(20-13(21)19)2-1-7(16)10(12)18/h1-4H,(H2,19,20). The van der Waals surface area contributed by atoms with Crippen molar-refractivity contribution in [2.24, 2.45) is 0 Å². The summed E-state index contributed by atoms with van der Waals surface area (Å²) in [7, 11) is 0. The first kappa shape index (κ1) is 13.7. The van der Waals surface area contributed by atoms with E-state index in [-0.39, 0.29) is 22.0 Å². The van der Waals surface area contributed by atoms with E-state index in [0.29, 0.717) is 6.07 Å². The van der Waals surface area contributed by atoms with E-state index in [1.807, 2.05) is 0 Å². The fourth-order valence-electron chi connectivity index (χ4n) is 2.10. The number of imidazole rings is 1. The van der Waals surface area contributed by atoms with Crippen LogP contribution in [0.4, 0.5) is 23.5 Å². The van der Waals surface area contributed by atoms with E-state index in [1.165, 1.54) is 6.07 Å². The number of benzene rings is 2. The second kappa shape index (κ2) is 4.63. The summed E-state index contributed by atoms with van der Waals surface area (Å²) in [5.41, 5.74) is 4.87. The topological polar surface area (TPSA) is 43.8 Å². The maximum Gasteiger partial charge on any atom is 0.206 e. The number of nitrogens with two attached hydrogens (primary N) is 1. The molecule has 0 aliphatic rings. The minimum Gasteiger partial charge on any atom is -0.369 e. The molecule has 2 aromatic carbocycles. The van der Waals surface area contributed by atoms with Crippen molar-refractivity contribution < 1.29 is 17.6 Å². The Morgan fingerprint density at radius 2 is 1.76 bits per heavy atom. The highest BCUT2D eigenvalue weighted by Gasteiger charge is 2.21. The molecule has 0 aliphatic heterocycles. The van der Waals surface area contributed by atoms with Gasteiger partial charge in [-0.1, -0.05) is 11.6 Å². The lowest BCUT2D eigenvalue weighted by molar-refractivity contribution is 0.514. The third kappa shape index (κ3) is 2.01. The molecular weight excluding hydrogens is 310 g/mol. The van der Waals surface area contributed by atoms with E-state index in [1.54, 1.807) is 0 Å². The summed E-state index contributed by atoms with van der Waals surface area (Å²) >= 11 is 5.79. The average molecular weight is 316 g/mol. The largest absolute Gasteiger partial charge is 0.369 e. The zero-order valence-electron chi connectivity index (χ0n) is 10.2. The number of aromatic nitrogens is 2. The quantitative estimate of drug-likeness (QED) is 0.694. The lowest BCUT2D eigenvalue weighted by Crippen LogP contribution is -2.06. The van der Waals surface area contributed by atoms with Gasteiger partial charge in [-0.05, 0) is 18.2 Å². The Labute approximate surface area is 120 Å². The van der Waals surface area contributed by atoms with E-state index in [4.69, 9.17) is 17.3 Å². The van der Waals surface area contributed by atoms with Crippen LogP contribution < -0.4 is 5.73 Å². The number of hydrogen-bond donors (Lipinski definition) is 1. The SMILES string of the molecule is Nc1nc2ccc(F)c(F)c2n1-c1c(F)cc(F)cc1Cl. The Morgan fingerprint density at radius 3 is 2.43 bits per heavy atom. The van der Waals surface area contributed by atoms with Crippen LogP contribution in [-0.4, -0.2) is 9.55 Å². The monoisotopic (exact) mass is 315 g/mol. The van der Waals surface area contributed by atoms with Crippen LogP contribution in [0.25, 0.3) is 16.7 Å². The van der Waals surface area contributed by atoms with Crippen LogP contribution in [-0.2, 0) is 0 Å². The molecule has 3 aromatic rings. The molecular formula is C13H6ClF4N3. The van der Waals surface area contributed by atoms with Crippen molar-refractivity contribution in [2.45, 2.75) is 0 Å². The third-order valence-electron chi connectivity index (χ3n) is 2.94. The highest BCUT2D eigenvalue weighted by molar-refractivity contribution is 6.32. The zero-order valence-corrected chi connectivity index (χ0v) is 10.9. The molecule has 0 unspecified atom stereocenters.